The number of benzene rings is 1. The largest absolute Gasteiger partial charge is 0.443 e. The number of amides is 2. The van der Waals surface area contributed by atoms with Crippen molar-refractivity contribution in [3.05, 3.63) is 41.0 Å². The van der Waals surface area contributed by atoms with E-state index in [-0.39, 0.29) is 5.91 Å². The van der Waals surface area contributed by atoms with Gasteiger partial charge in [-0.05, 0) is 46.3 Å². The molecule has 1 spiro atoms. The molecule has 3 rings (SSSR count). The lowest BCUT2D eigenvalue weighted by atomic mass is 9.85. The molecule has 2 aliphatic rings. The SMILES string of the molecule is CC1=C(C)C[C@]2(OC1)C(=O)N(C(=O)OC(C)(C)C)c1ccccc12. The lowest BCUT2D eigenvalue weighted by Crippen LogP contribution is -2.48. The van der Waals surface area contributed by atoms with E-state index < -0.39 is 17.3 Å². The molecular weight excluding hydrogens is 306 g/mol. The molecule has 0 aromatic heterocycles. The standard InChI is InChI=1S/C19H23NO4/c1-12-10-19(23-11-13(12)2)14-8-6-7-9-15(14)20(16(19)21)17(22)24-18(3,4)5/h6-9H,10-11H2,1-5H3/t19-/m1/s1. The van der Waals surface area contributed by atoms with Crippen molar-refractivity contribution in [1.29, 1.82) is 0 Å². The lowest BCUT2D eigenvalue weighted by molar-refractivity contribution is -0.143. The lowest BCUT2D eigenvalue weighted by Gasteiger charge is -2.34. The molecule has 2 heterocycles. The summed E-state index contributed by atoms with van der Waals surface area (Å²) in [4.78, 5) is 26.9. The van der Waals surface area contributed by atoms with Crippen LogP contribution in [-0.4, -0.2) is 24.2 Å². The number of hydrogen-bond acceptors (Lipinski definition) is 4. The Morgan fingerprint density at radius 1 is 1.21 bits per heavy atom. The summed E-state index contributed by atoms with van der Waals surface area (Å²) in [6.45, 7) is 9.72. The van der Waals surface area contributed by atoms with E-state index in [1.54, 1.807) is 32.9 Å². The maximum atomic E-state index is 13.2. The van der Waals surface area contributed by atoms with Crippen molar-refractivity contribution in [3.8, 4) is 0 Å². The summed E-state index contributed by atoms with van der Waals surface area (Å²) in [5.41, 5.74) is 1.72. The highest BCUT2D eigenvalue weighted by Crippen LogP contribution is 2.48. The first-order valence-electron chi connectivity index (χ1n) is 8.12. The summed E-state index contributed by atoms with van der Waals surface area (Å²) in [5.74, 6) is -0.371. The monoisotopic (exact) mass is 329 g/mol. The second-order valence-corrected chi connectivity index (χ2v) is 7.49. The molecule has 0 bridgehead atoms. The van der Waals surface area contributed by atoms with Gasteiger partial charge in [0.2, 0.25) is 0 Å². The van der Waals surface area contributed by atoms with E-state index in [1.807, 2.05) is 26.0 Å². The predicted octanol–water partition coefficient (Wildman–Crippen LogP) is 3.92. The average molecular weight is 329 g/mol. The minimum absolute atomic E-state index is 0.371. The van der Waals surface area contributed by atoms with Gasteiger partial charge in [0.25, 0.3) is 5.91 Å². The van der Waals surface area contributed by atoms with Crippen LogP contribution in [0.4, 0.5) is 10.5 Å². The quantitative estimate of drug-likeness (QED) is 0.677. The molecule has 5 nitrogen and oxygen atoms in total. The molecule has 5 heteroatoms. The van der Waals surface area contributed by atoms with Crippen LogP contribution in [-0.2, 0) is 19.9 Å². The Bertz CT molecular complexity index is 744. The number of rotatable bonds is 0. The minimum atomic E-state index is -1.13. The van der Waals surface area contributed by atoms with Crippen LogP contribution in [0.2, 0.25) is 0 Å². The number of imide groups is 1. The summed E-state index contributed by atoms with van der Waals surface area (Å²) in [6.07, 6.45) is -0.210. The predicted molar refractivity (Wildman–Crippen MR) is 90.8 cm³/mol. The third kappa shape index (κ3) is 2.53. The van der Waals surface area contributed by atoms with Crippen LogP contribution in [0.15, 0.2) is 35.4 Å². The Balaban J connectivity index is 2.07. The van der Waals surface area contributed by atoms with E-state index in [2.05, 4.69) is 0 Å². The molecule has 0 saturated carbocycles. The van der Waals surface area contributed by atoms with Crippen LogP contribution in [0.25, 0.3) is 0 Å². The first-order valence-corrected chi connectivity index (χ1v) is 8.12. The topological polar surface area (TPSA) is 55.8 Å². The van der Waals surface area contributed by atoms with Crippen molar-refractivity contribution in [2.45, 2.75) is 52.2 Å². The molecule has 0 saturated heterocycles. The average Bonchev–Trinajstić information content (AvgIpc) is 2.71. The van der Waals surface area contributed by atoms with E-state index >= 15 is 0 Å². The van der Waals surface area contributed by atoms with E-state index in [0.717, 1.165) is 21.6 Å². The van der Waals surface area contributed by atoms with E-state index in [4.69, 9.17) is 9.47 Å². The number of carbonyl (C=O) groups excluding carboxylic acids is 2. The highest BCUT2D eigenvalue weighted by molar-refractivity contribution is 6.20. The number of para-hydroxylation sites is 1. The summed E-state index contributed by atoms with van der Waals surface area (Å²) in [5, 5.41) is 0. The summed E-state index contributed by atoms with van der Waals surface area (Å²) >= 11 is 0. The van der Waals surface area contributed by atoms with Gasteiger partial charge < -0.3 is 9.47 Å². The highest BCUT2D eigenvalue weighted by atomic mass is 16.6. The molecule has 2 aliphatic heterocycles. The van der Waals surface area contributed by atoms with Gasteiger partial charge in [0.1, 0.15) is 5.60 Å². The van der Waals surface area contributed by atoms with Crippen molar-refractivity contribution in [2.24, 2.45) is 0 Å². The van der Waals surface area contributed by atoms with Gasteiger partial charge in [-0.2, -0.15) is 0 Å². The molecule has 1 atom stereocenters. The first-order chi connectivity index (χ1) is 11.2. The second-order valence-electron chi connectivity index (χ2n) is 7.49. The summed E-state index contributed by atoms with van der Waals surface area (Å²) in [7, 11) is 0. The van der Waals surface area contributed by atoms with E-state index in [1.165, 1.54) is 0 Å². The fourth-order valence-corrected chi connectivity index (χ4v) is 3.14. The fraction of sp³-hybridized carbons (Fsp3) is 0.474. The third-order valence-corrected chi connectivity index (χ3v) is 4.48. The van der Waals surface area contributed by atoms with Crippen LogP contribution >= 0.6 is 0 Å². The molecule has 2 amide bonds. The number of anilines is 1. The van der Waals surface area contributed by atoms with E-state index in [9.17, 15) is 9.59 Å². The Hall–Kier alpha value is -2.14. The van der Waals surface area contributed by atoms with Crippen molar-refractivity contribution >= 4 is 17.7 Å². The Morgan fingerprint density at radius 3 is 2.50 bits per heavy atom. The summed E-state index contributed by atoms with van der Waals surface area (Å²) < 4.78 is 11.4. The van der Waals surface area contributed by atoms with Gasteiger partial charge in [0.15, 0.2) is 5.60 Å². The van der Waals surface area contributed by atoms with Crippen molar-refractivity contribution in [2.75, 3.05) is 11.5 Å². The zero-order valence-corrected chi connectivity index (χ0v) is 14.8. The van der Waals surface area contributed by atoms with Crippen molar-refractivity contribution < 1.29 is 19.1 Å². The zero-order chi connectivity index (χ0) is 17.7. The molecule has 0 unspecified atom stereocenters. The van der Waals surface area contributed by atoms with Crippen LogP contribution in [0.3, 0.4) is 0 Å². The maximum Gasteiger partial charge on any atom is 0.421 e. The van der Waals surface area contributed by atoms with Gasteiger partial charge in [-0.3, -0.25) is 4.79 Å². The third-order valence-electron chi connectivity index (χ3n) is 4.48. The Labute approximate surface area is 142 Å². The van der Waals surface area contributed by atoms with Crippen LogP contribution in [0.5, 0.6) is 0 Å². The molecule has 0 radical (unpaired) electrons. The molecule has 24 heavy (non-hydrogen) atoms. The number of carbonyl (C=O) groups is 2. The normalized spacial score (nSPS) is 23.7. The number of ether oxygens (including phenoxy) is 2. The van der Waals surface area contributed by atoms with Crippen molar-refractivity contribution in [1.82, 2.24) is 0 Å². The smallest absolute Gasteiger partial charge is 0.421 e. The molecule has 0 N–H and O–H groups in total. The molecule has 1 aromatic carbocycles. The molecule has 0 aliphatic carbocycles. The van der Waals surface area contributed by atoms with E-state index in [0.29, 0.717) is 18.7 Å². The van der Waals surface area contributed by atoms with Gasteiger partial charge in [0, 0.05) is 12.0 Å². The fourth-order valence-electron chi connectivity index (χ4n) is 3.14. The minimum Gasteiger partial charge on any atom is -0.443 e. The Kier molecular flexibility index (Phi) is 3.79. The van der Waals surface area contributed by atoms with Crippen LogP contribution in [0, 0.1) is 0 Å². The van der Waals surface area contributed by atoms with Gasteiger partial charge in [-0.15, -0.1) is 0 Å². The van der Waals surface area contributed by atoms with Crippen LogP contribution < -0.4 is 4.90 Å². The van der Waals surface area contributed by atoms with Crippen molar-refractivity contribution in [3.63, 3.8) is 0 Å². The molecular formula is C19H23NO4. The molecule has 0 fully saturated rings. The zero-order valence-electron chi connectivity index (χ0n) is 14.8. The van der Waals surface area contributed by atoms with Gasteiger partial charge in [-0.25, -0.2) is 9.69 Å². The highest BCUT2D eigenvalue weighted by Gasteiger charge is 2.56. The number of nitrogens with zero attached hydrogens (tertiary/aromatic N) is 1. The first kappa shape index (κ1) is 16.7. The van der Waals surface area contributed by atoms with Crippen LogP contribution in [0.1, 0.15) is 46.6 Å². The Morgan fingerprint density at radius 2 is 1.88 bits per heavy atom. The number of fused-ring (bicyclic) bond motifs is 2. The maximum absolute atomic E-state index is 13.2. The second kappa shape index (κ2) is 5.45. The molecule has 1 aromatic rings. The molecule has 128 valence electrons. The summed E-state index contributed by atoms with van der Waals surface area (Å²) in [6, 6.07) is 7.27. The van der Waals surface area contributed by atoms with Gasteiger partial charge >= 0.3 is 6.09 Å². The van der Waals surface area contributed by atoms with Gasteiger partial charge in [-0.1, -0.05) is 23.8 Å². The number of hydrogen-bond donors (Lipinski definition) is 0. The van der Waals surface area contributed by atoms with Gasteiger partial charge in [0.05, 0.1) is 12.3 Å².